The lowest BCUT2D eigenvalue weighted by molar-refractivity contribution is -0.260. The Labute approximate surface area is 147 Å². The topological polar surface area (TPSA) is 80.7 Å². The second kappa shape index (κ2) is 6.02. The van der Waals surface area contributed by atoms with Crippen molar-refractivity contribution in [1.29, 1.82) is 0 Å². The van der Waals surface area contributed by atoms with Gasteiger partial charge in [0.2, 0.25) is 0 Å². The van der Waals surface area contributed by atoms with Crippen LogP contribution in [0.5, 0.6) is 0 Å². The van der Waals surface area contributed by atoms with Gasteiger partial charge in [0.15, 0.2) is 0 Å². The zero-order valence-electron chi connectivity index (χ0n) is 13.6. The number of esters is 1. The zero-order valence-corrected chi connectivity index (χ0v) is 14.5. The quantitative estimate of drug-likeness (QED) is 0.429. The van der Waals surface area contributed by atoms with Crippen molar-refractivity contribution in [3.8, 4) is 0 Å². The summed E-state index contributed by atoms with van der Waals surface area (Å²) in [5.74, 6) is -0.372. The normalized spacial score (nSPS) is 35.4. The standard InChI is InChI=1S/C15H19F5O5S/c16-14(17,18)12(15(19,20)26(22,23)24)25-11(21)7-13-4-8-1-9(5-13)3-10(2-8)6-13/h8-10,12H,1-7H2,(H,22,23,24). The molecule has 4 rings (SSSR count). The van der Waals surface area contributed by atoms with E-state index in [2.05, 4.69) is 4.74 Å². The lowest BCUT2D eigenvalue weighted by Gasteiger charge is -2.56. The van der Waals surface area contributed by atoms with Gasteiger partial charge in [-0.05, 0) is 61.7 Å². The average molecular weight is 406 g/mol. The molecule has 4 aliphatic carbocycles. The number of carbonyl (C=O) groups excluding carboxylic acids is 1. The van der Waals surface area contributed by atoms with Crippen molar-refractivity contribution < 1.29 is 44.5 Å². The summed E-state index contributed by atoms with van der Waals surface area (Å²) < 4.78 is 99.3. The summed E-state index contributed by atoms with van der Waals surface area (Å²) in [6.07, 6.45) is -5.59. The van der Waals surface area contributed by atoms with Crippen molar-refractivity contribution >= 4 is 16.1 Å². The molecule has 1 N–H and O–H groups in total. The Bertz CT molecular complexity index is 652. The Balaban J connectivity index is 1.75. The van der Waals surface area contributed by atoms with Gasteiger partial charge in [-0.15, -0.1) is 0 Å². The first-order valence-electron chi connectivity index (χ1n) is 8.33. The molecule has 4 aliphatic rings. The Hall–Kier alpha value is -0.970. The van der Waals surface area contributed by atoms with Gasteiger partial charge in [0.25, 0.3) is 6.10 Å². The first-order chi connectivity index (χ1) is 11.7. The lowest BCUT2D eigenvalue weighted by atomic mass is 9.49. The van der Waals surface area contributed by atoms with E-state index in [0.717, 1.165) is 19.3 Å². The number of hydrogen-bond acceptors (Lipinski definition) is 4. The van der Waals surface area contributed by atoms with Gasteiger partial charge >= 0.3 is 27.5 Å². The van der Waals surface area contributed by atoms with Crippen LogP contribution in [-0.4, -0.2) is 36.5 Å². The highest BCUT2D eigenvalue weighted by atomic mass is 32.2. The number of ether oxygens (including phenoxy) is 1. The predicted molar refractivity (Wildman–Crippen MR) is 77.7 cm³/mol. The zero-order chi connectivity index (χ0) is 19.5. The van der Waals surface area contributed by atoms with Crippen LogP contribution in [0.1, 0.15) is 44.9 Å². The number of rotatable bonds is 5. The van der Waals surface area contributed by atoms with Crippen molar-refractivity contribution in [2.24, 2.45) is 23.2 Å². The van der Waals surface area contributed by atoms with Crippen molar-refractivity contribution in [2.75, 3.05) is 0 Å². The Morgan fingerprint density at radius 3 is 1.81 bits per heavy atom. The summed E-state index contributed by atoms with van der Waals surface area (Å²) in [6, 6.07) is 0. The van der Waals surface area contributed by atoms with Crippen LogP contribution in [0, 0.1) is 23.2 Å². The second-order valence-corrected chi connectivity index (χ2v) is 9.54. The molecule has 0 amide bonds. The highest BCUT2D eigenvalue weighted by molar-refractivity contribution is 7.86. The van der Waals surface area contributed by atoms with E-state index >= 15 is 0 Å². The van der Waals surface area contributed by atoms with Crippen molar-refractivity contribution in [3.05, 3.63) is 0 Å². The molecule has 0 heterocycles. The van der Waals surface area contributed by atoms with E-state index in [9.17, 15) is 35.2 Å². The summed E-state index contributed by atoms with van der Waals surface area (Å²) >= 11 is 0. The fourth-order valence-corrected chi connectivity index (χ4v) is 5.90. The molecule has 0 aromatic carbocycles. The van der Waals surface area contributed by atoms with Crippen LogP contribution in [-0.2, 0) is 19.6 Å². The molecular weight excluding hydrogens is 387 g/mol. The summed E-state index contributed by atoms with van der Waals surface area (Å²) in [5.41, 5.74) is -0.560. The smallest absolute Gasteiger partial charge is 0.432 e. The van der Waals surface area contributed by atoms with Crippen LogP contribution in [0.4, 0.5) is 22.0 Å². The van der Waals surface area contributed by atoms with Crippen molar-refractivity contribution in [2.45, 2.75) is 62.5 Å². The molecule has 150 valence electrons. The minimum atomic E-state index is -6.41. The molecule has 4 bridgehead atoms. The minimum Gasteiger partial charge on any atom is -0.445 e. The van der Waals surface area contributed by atoms with Crippen LogP contribution in [0.2, 0.25) is 0 Å². The molecule has 0 aliphatic heterocycles. The summed E-state index contributed by atoms with van der Waals surface area (Å²) in [5, 5.41) is -5.68. The molecule has 11 heteroatoms. The highest BCUT2D eigenvalue weighted by Gasteiger charge is 2.66. The maximum atomic E-state index is 13.5. The third-order valence-electron chi connectivity index (χ3n) is 5.88. The fraction of sp³-hybridized carbons (Fsp3) is 0.933. The predicted octanol–water partition coefficient (Wildman–Crippen LogP) is 3.55. The van der Waals surface area contributed by atoms with E-state index in [1.807, 2.05) is 0 Å². The fourth-order valence-electron chi connectivity index (χ4n) is 5.45. The van der Waals surface area contributed by atoms with E-state index in [4.69, 9.17) is 4.55 Å². The molecule has 0 aromatic rings. The number of alkyl halides is 5. The number of hydrogen-bond donors (Lipinski definition) is 1. The Morgan fingerprint density at radius 1 is 1.04 bits per heavy atom. The number of carbonyl (C=O) groups is 1. The minimum absolute atomic E-state index is 0.381. The maximum Gasteiger partial charge on any atom is 0.432 e. The SMILES string of the molecule is O=C(CC12CC3CC(CC(C3)C1)C2)OC(C(F)(F)F)C(F)(F)S(=O)(=O)O. The molecule has 0 spiro atoms. The third-order valence-corrected chi connectivity index (χ3v) is 6.78. The van der Waals surface area contributed by atoms with E-state index in [-0.39, 0.29) is 0 Å². The van der Waals surface area contributed by atoms with E-state index in [0.29, 0.717) is 37.0 Å². The summed E-state index contributed by atoms with van der Waals surface area (Å²) in [4.78, 5) is 12.0. The van der Waals surface area contributed by atoms with Crippen LogP contribution in [0.15, 0.2) is 0 Å². The van der Waals surface area contributed by atoms with E-state index in [1.165, 1.54) is 0 Å². The molecule has 1 atom stereocenters. The van der Waals surface area contributed by atoms with Crippen molar-refractivity contribution in [3.63, 3.8) is 0 Å². The molecule has 4 saturated carbocycles. The van der Waals surface area contributed by atoms with Crippen LogP contribution >= 0.6 is 0 Å². The van der Waals surface area contributed by atoms with Gasteiger partial charge in [0.1, 0.15) is 0 Å². The molecule has 26 heavy (non-hydrogen) atoms. The molecule has 5 nitrogen and oxygen atoms in total. The van der Waals surface area contributed by atoms with Crippen LogP contribution in [0.3, 0.4) is 0 Å². The van der Waals surface area contributed by atoms with Gasteiger partial charge in [-0.2, -0.15) is 30.4 Å². The van der Waals surface area contributed by atoms with Gasteiger partial charge in [-0.1, -0.05) is 0 Å². The summed E-state index contributed by atoms with van der Waals surface area (Å²) in [7, 11) is -6.41. The maximum absolute atomic E-state index is 13.5. The summed E-state index contributed by atoms with van der Waals surface area (Å²) in [6.45, 7) is 0. The number of halogens is 5. The Morgan fingerprint density at radius 2 is 1.46 bits per heavy atom. The van der Waals surface area contributed by atoms with Gasteiger partial charge in [-0.25, -0.2) is 0 Å². The lowest BCUT2D eigenvalue weighted by Crippen LogP contribution is -2.53. The molecule has 0 saturated heterocycles. The first kappa shape index (κ1) is 19.8. The van der Waals surface area contributed by atoms with Crippen molar-refractivity contribution in [1.82, 2.24) is 0 Å². The Kier molecular flexibility index (Phi) is 4.58. The molecule has 1 unspecified atom stereocenters. The first-order valence-corrected chi connectivity index (χ1v) is 9.77. The largest absolute Gasteiger partial charge is 0.445 e. The highest BCUT2D eigenvalue weighted by Crippen LogP contribution is 2.61. The average Bonchev–Trinajstić information content (AvgIpc) is 2.39. The van der Waals surface area contributed by atoms with Gasteiger partial charge in [0.05, 0.1) is 6.42 Å². The monoisotopic (exact) mass is 406 g/mol. The molecular formula is C15H19F5O5S. The molecule has 0 aromatic heterocycles. The van der Waals surface area contributed by atoms with E-state index < -0.39 is 45.5 Å². The molecule has 4 fully saturated rings. The van der Waals surface area contributed by atoms with Gasteiger partial charge < -0.3 is 4.74 Å². The molecule has 0 radical (unpaired) electrons. The van der Waals surface area contributed by atoms with E-state index in [1.54, 1.807) is 0 Å². The van der Waals surface area contributed by atoms with Crippen LogP contribution in [0.25, 0.3) is 0 Å². The second-order valence-electron chi connectivity index (χ2n) is 8.04. The van der Waals surface area contributed by atoms with Gasteiger partial charge in [-0.3, -0.25) is 9.35 Å². The third kappa shape index (κ3) is 3.56. The van der Waals surface area contributed by atoms with Gasteiger partial charge in [0, 0.05) is 0 Å². The van der Waals surface area contributed by atoms with Crippen LogP contribution < -0.4 is 0 Å².